The predicted molar refractivity (Wildman–Crippen MR) is 107 cm³/mol. The molecule has 0 unspecified atom stereocenters. The van der Waals surface area contributed by atoms with E-state index in [2.05, 4.69) is 15.6 Å². The molecule has 9 nitrogen and oxygen atoms in total. The number of likely N-dealkylation sites (tertiary alicyclic amines) is 1. The largest absolute Gasteiger partial charge is 0.450 e. The van der Waals surface area contributed by atoms with Gasteiger partial charge in [-0.1, -0.05) is 30.3 Å². The van der Waals surface area contributed by atoms with Crippen LogP contribution in [0.1, 0.15) is 18.2 Å². The van der Waals surface area contributed by atoms with E-state index in [-0.39, 0.29) is 31.6 Å². The number of amides is 3. The van der Waals surface area contributed by atoms with Crippen LogP contribution in [0.25, 0.3) is 0 Å². The number of hydrogen-bond donors (Lipinski definition) is 2. The second-order valence-electron chi connectivity index (χ2n) is 6.37. The van der Waals surface area contributed by atoms with Crippen molar-refractivity contribution in [1.82, 2.24) is 15.2 Å². The fourth-order valence-corrected chi connectivity index (χ4v) is 3.37. The van der Waals surface area contributed by atoms with Gasteiger partial charge >= 0.3 is 12.2 Å². The van der Waals surface area contributed by atoms with Crippen LogP contribution in [-0.4, -0.2) is 53.7 Å². The molecule has 2 N–H and O–H groups in total. The van der Waals surface area contributed by atoms with E-state index in [9.17, 15) is 14.4 Å². The van der Waals surface area contributed by atoms with Crippen molar-refractivity contribution in [3.8, 4) is 0 Å². The zero-order chi connectivity index (χ0) is 20.6. The van der Waals surface area contributed by atoms with Gasteiger partial charge in [-0.15, -0.1) is 11.3 Å². The molecule has 1 fully saturated rings. The normalized spacial score (nSPS) is 13.3. The van der Waals surface area contributed by atoms with Gasteiger partial charge in [-0.05, 0) is 12.5 Å². The van der Waals surface area contributed by atoms with Crippen LogP contribution in [0.3, 0.4) is 0 Å². The summed E-state index contributed by atoms with van der Waals surface area (Å²) < 4.78 is 9.95. The lowest BCUT2D eigenvalue weighted by molar-refractivity contribution is -0.135. The third-order valence-corrected chi connectivity index (χ3v) is 4.94. The summed E-state index contributed by atoms with van der Waals surface area (Å²) in [6.07, 6.45) is -0.942. The van der Waals surface area contributed by atoms with Gasteiger partial charge in [0.05, 0.1) is 24.8 Å². The molecule has 1 aliphatic rings. The third kappa shape index (κ3) is 6.18. The Labute approximate surface area is 172 Å². The van der Waals surface area contributed by atoms with Crippen LogP contribution in [0.5, 0.6) is 0 Å². The average Bonchev–Trinajstić information content (AvgIpc) is 3.10. The number of nitrogens with one attached hydrogen (secondary N) is 2. The number of alkyl carbamates (subject to hydrolysis) is 1. The molecule has 1 aromatic heterocycles. The van der Waals surface area contributed by atoms with E-state index >= 15 is 0 Å². The lowest BCUT2D eigenvalue weighted by Gasteiger charge is -2.39. The van der Waals surface area contributed by atoms with Crippen molar-refractivity contribution in [2.75, 3.05) is 25.0 Å². The lowest BCUT2D eigenvalue weighted by Crippen LogP contribution is -2.61. The highest BCUT2D eigenvalue weighted by Crippen LogP contribution is 2.18. The first-order chi connectivity index (χ1) is 14.0. The van der Waals surface area contributed by atoms with Crippen LogP contribution in [0.15, 0.2) is 35.7 Å². The van der Waals surface area contributed by atoms with Crippen LogP contribution in [-0.2, 0) is 27.3 Å². The number of rotatable bonds is 7. The van der Waals surface area contributed by atoms with Crippen molar-refractivity contribution in [2.24, 2.45) is 0 Å². The summed E-state index contributed by atoms with van der Waals surface area (Å²) in [5.41, 5.74) is 1.48. The maximum absolute atomic E-state index is 12.3. The van der Waals surface area contributed by atoms with Crippen LogP contribution in [0.2, 0.25) is 0 Å². The zero-order valence-electron chi connectivity index (χ0n) is 15.9. The van der Waals surface area contributed by atoms with E-state index in [1.807, 2.05) is 30.3 Å². The van der Waals surface area contributed by atoms with E-state index < -0.39 is 12.2 Å². The molecule has 0 spiro atoms. The SMILES string of the molecule is CCOC(=O)Nc1nc(CC(=O)N2CC(NC(=O)OCc3ccccc3)C2)cs1. The van der Waals surface area contributed by atoms with Gasteiger partial charge in [-0.25, -0.2) is 14.6 Å². The Kier molecular flexibility index (Phi) is 7.01. The number of carbonyl (C=O) groups excluding carboxylic acids is 3. The van der Waals surface area contributed by atoms with Crippen LogP contribution < -0.4 is 10.6 Å². The summed E-state index contributed by atoms with van der Waals surface area (Å²) in [7, 11) is 0. The second-order valence-corrected chi connectivity index (χ2v) is 7.23. The molecule has 2 heterocycles. The molecule has 29 heavy (non-hydrogen) atoms. The van der Waals surface area contributed by atoms with Gasteiger partial charge in [0.15, 0.2) is 5.13 Å². The molecule has 154 valence electrons. The van der Waals surface area contributed by atoms with E-state index in [0.29, 0.717) is 23.9 Å². The number of anilines is 1. The van der Waals surface area contributed by atoms with E-state index in [1.165, 1.54) is 11.3 Å². The summed E-state index contributed by atoms with van der Waals surface area (Å²) in [5.74, 6) is -0.0892. The van der Waals surface area contributed by atoms with Crippen molar-refractivity contribution < 1.29 is 23.9 Å². The molecule has 0 atom stereocenters. The second kappa shape index (κ2) is 9.87. The zero-order valence-corrected chi connectivity index (χ0v) is 16.7. The van der Waals surface area contributed by atoms with E-state index in [0.717, 1.165) is 5.56 Å². The first kappa shape index (κ1) is 20.6. The minimum Gasteiger partial charge on any atom is -0.450 e. The maximum atomic E-state index is 12.3. The molecule has 10 heteroatoms. The summed E-state index contributed by atoms with van der Waals surface area (Å²) in [5, 5.41) is 7.35. The monoisotopic (exact) mass is 418 g/mol. The Hall–Kier alpha value is -3.14. The molecule has 1 saturated heterocycles. The van der Waals surface area contributed by atoms with Crippen molar-refractivity contribution in [3.63, 3.8) is 0 Å². The lowest BCUT2D eigenvalue weighted by atomic mass is 10.1. The van der Waals surface area contributed by atoms with E-state index in [1.54, 1.807) is 17.2 Å². The fourth-order valence-electron chi connectivity index (χ4n) is 2.67. The first-order valence-electron chi connectivity index (χ1n) is 9.16. The standard InChI is InChI=1S/C19H22N4O5S/c1-2-27-19(26)22-17-20-14(12-29-17)8-16(24)23-9-15(10-23)21-18(25)28-11-13-6-4-3-5-7-13/h3-7,12,15H,2,8-11H2,1H3,(H,21,25)(H,20,22,26). The number of hydrogen-bond acceptors (Lipinski definition) is 7. The number of aromatic nitrogens is 1. The first-order valence-corrected chi connectivity index (χ1v) is 10.0. The number of thiazole rings is 1. The van der Waals surface area contributed by atoms with Gasteiger partial charge in [0.25, 0.3) is 0 Å². The Bertz CT molecular complexity index is 851. The molecular formula is C19H22N4O5S. The fraction of sp³-hybridized carbons (Fsp3) is 0.368. The minimum atomic E-state index is -0.574. The molecule has 0 radical (unpaired) electrons. The average molecular weight is 418 g/mol. The van der Waals surface area contributed by atoms with Gasteiger partial charge in [0.1, 0.15) is 6.61 Å². The van der Waals surface area contributed by atoms with Gasteiger partial charge in [0, 0.05) is 18.5 Å². The number of benzene rings is 1. The van der Waals surface area contributed by atoms with Gasteiger partial charge < -0.3 is 19.7 Å². The smallest absolute Gasteiger partial charge is 0.413 e. The highest BCUT2D eigenvalue weighted by Gasteiger charge is 2.32. The molecule has 0 aliphatic carbocycles. The maximum Gasteiger partial charge on any atom is 0.413 e. The molecule has 0 saturated carbocycles. The highest BCUT2D eigenvalue weighted by molar-refractivity contribution is 7.13. The van der Waals surface area contributed by atoms with Crippen LogP contribution in [0.4, 0.5) is 14.7 Å². The van der Waals surface area contributed by atoms with E-state index in [4.69, 9.17) is 9.47 Å². The molecule has 0 bridgehead atoms. The molecule has 3 rings (SSSR count). The van der Waals surface area contributed by atoms with Gasteiger partial charge in [-0.3, -0.25) is 10.1 Å². The van der Waals surface area contributed by atoms with Crippen molar-refractivity contribution in [2.45, 2.75) is 26.0 Å². The number of ether oxygens (including phenoxy) is 2. The quantitative estimate of drug-likeness (QED) is 0.715. The third-order valence-electron chi connectivity index (χ3n) is 4.14. The Morgan fingerprint density at radius 1 is 1.17 bits per heavy atom. The molecule has 1 aromatic carbocycles. The summed E-state index contributed by atoms with van der Waals surface area (Å²) in [4.78, 5) is 41.4. The Balaban J connectivity index is 1.35. The van der Waals surface area contributed by atoms with Crippen molar-refractivity contribution in [3.05, 3.63) is 47.0 Å². The molecule has 1 aliphatic heterocycles. The summed E-state index contributed by atoms with van der Waals surface area (Å²) in [6.45, 7) is 3.04. The summed E-state index contributed by atoms with van der Waals surface area (Å²) in [6, 6.07) is 9.28. The topological polar surface area (TPSA) is 110 Å². The minimum absolute atomic E-state index is 0.0892. The Morgan fingerprint density at radius 2 is 1.93 bits per heavy atom. The number of carbonyl (C=O) groups is 3. The molecule has 3 amide bonds. The van der Waals surface area contributed by atoms with Gasteiger partial charge in [0.2, 0.25) is 5.91 Å². The molecular weight excluding hydrogens is 396 g/mol. The summed E-state index contributed by atoms with van der Waals surface area (Å²) >= 11 is 1.23. The number of nitrogens with zero attached hydrogens (tertiary/aromatic N) is 2. The predicted octanol–water partition coefficient (Wildman–Crippen LogP) is 2.39. The highest BCUT2D eigenvalue weighted by atomic mass is 32.1. The van der Waals surface area contributed by atoms with Crippen LogP contribution >= 0.6 is 11.3 Å². The van der Waals surface area contributed by atoms with Crippen LogP contribution in [0, 0.1) is 0 Å². The van der Waals surface area contributed by atoms with Crippen molar-refractivity contribution in [1.29, 1.82) is 0 Å². The Morgan fingerprint density at radius 3 is 2.66 bits per heavy atom. The molecule has 2 aromatic rings. The van der Waals surface area contributed by atoms with Gasteiger partial charge in [-0.2, -0.15) is 0 Å². The van der Waals surface area contributed by atoms with Crippen molar-refractivity contribution >= 4 is 34.6 Å².